The molecular formula is C12H13BrO5S. The summed E-state index contributed by atoms with van der Waals surface area (Å²) < 4.78 is 30.4. The molecule has 1 saturated heterocycles. The fourth-order valence-corrected chi connectivity index (χ4v) is 4.28. The average molecular weight is 349 g/mol. The molecule has 19 heavy (non-hydrogen) atoms. The molecule has 1 aromatic rings. The summed E-state index contributed by atoms with van der Waals surface area (Å²) >= 11 is 3.16. The van der Waals surface area contributed by atoms with E-state index in [4.69, 9.17) is 9.84 Å². The van der Waals surface area contributed by atoms with E-state index in [1.807, 2.05) is 0 Å². The third-order valence-electron chi connectivity index (χ3n) is 2.94. The van der Waals surface area contributed by atoms with Gasteiger partial charge in [-0.15, -0.1) is 0 Å². The summed E-state index contributed by atoms with van der Waals surface area (Å²) in [5.41, 5.74) is -0.207. The summed E-state index contributed by atoms with van der Waals surface area (Å²) in [5.74, 6) is -1.43. The first-order chi connectivity index (χ1) is 8.90. The van der Waals surface area contributed by atoms with Gasteiger partial charge in [0.1, 0.15) is 0 Å². The van der Waals surface area contributed by atoms with Crippen molar-refractivity contribution in [2.75, 3.05) is 12.4 Å². The van der Waals surface area contributed by atoms with Crippen LogP contribution in [0, 0.1) is 0 Å². The van der Waals surface area contributed by atoms with Gasteiger partial charge < -0.3 is 9.84 Å². The van der Waals surface area contributed by atoms with E-state index in [0.29, 0.717) is 17.5 Å². The van der Waals surface area contributed by atoms with Crippen molar-refractivity contribution in [1.82, 2.24) is 0 Å². The molecule has 0 aliphatic carbocycles. The van der Waals surface area contributed by atoms with Gasteiger partial charge >= 0.3 is 5.97 Å². The molecule has 104 valence electrons. The Morgan fingerprint density at radius 2 is 2.21 bits per heavy atom. The molecule has 7 heteroatoms. The summed E-state index contributed by atoms with van der Waals surface area (Å²) in [6.45, 7) is 0.560. The predicted octanol–water partition coefficient (Wildman–Crippen LogP) is 2.10. The minimum atomic E-state index is -3.68. The lowest BCUT2D eigenvalue weighted by Gasteiger charge is -2.12. The molecule has 0 amide bonds. The van der Waals surface area contributed by atoms with Crippen LogP contribution in [-0.2, 0) is 14.6 Å². The molecule has 0 aromatic heterocycles. The molecule has 5 nitrogen and oxygen atoms in total. The number of ether oxygens (including phenoxy) is 1. The van der Waals surface area contributed by atoms with E-state index in [2.05, 4.69) is 15.9 Å². The summed E-state index contributed by atoms with van der Waals surface area (Å²) in [7, 11) is -3.68. The highest BCUT2D eigenvalue weighted by molar-refractivity contribution is 9.10. The number of hydrogen-bond donors (Lipinski definition) is 1. The van der Waals surface area contributed by atoms with Gasteiger partial charge in [0.2, 0.25) is 0 Å². The molecule has 2 rings (SSSR count). The Bertz CT molecular complexity index is 590. The van der Waals surface area contributed by atoms with E-state index in [9.17, 15) is 13.2 Å². The average Bonchev–Trinajstić information content (AvgIpc) is 2.80. The monoisotopic (exact) mass is 348 g/mol. The Labute approximate surface area is 119 Å². The van der Waals surface area contributed by atoms with Crippen molar-refractivity contribution in [1.29, 1.82) is 0 Å². The maximum atomic E-state index is 12.3. The van der Waals surface area contributed by atoms with E-state index >= 15 is 0 Å². The second-order valence-electron chi connectivity index (χ2n) is 4.36. The van der Waals surface area contributed by atoms with Crippen molar-refractivity contribution in [2.45, 2.75) is 23.8 Å². The van der Waals surface area contributed by atoms with Crippen molar-refractivity contribution < 1.29 is 23.1 Å². The Morgan fingerprint density at radius 1 is 1.47 bits per heavy atom. The number of benzene rings is 1. The highest BCUT2D eigenvalue weighted by atomic mass is 79.9. The number of sulfone groups is 1. The van der Waals surface area contributed by atoms with Crippen LogP contribution in [0.25, 0.3) is 0 Å². The van der Waals surface area contributed by atoms with Gasteiger partial charge in [0, 0.05) is 11.1 Å². The normalized spacial score (nSPS) is 19.5. The maximum absolute atomic E-state index is 12.3. The first kappa shape index (κ1) is 14.5. The predicted molar refractivity (Wildman–Crippen MR) is 72.1 cm³/mol. The lowest BCUT2D eigenvalue weighted by Crippen LogP contribution is -2.22. The van der Waals surface area contributed by atoms with Crippen molar-refractivity contribution in [3.05, 3.63) is 28.2 Å². The molecule has 1 aromatic carbocycles. The van der Waals surface area contributed by atoms with Crippen LogP contribution < -0.4 is 0 Å². The fourth-order valence-electron chi connectivity index (χ4n) is 2.04. The number of carboxylic acids is 1. The molecule has 1 fully saturated rings. The quantitative estimate of drug-likeness (QED) is 0.900. The molecular weight excluding hydrogens is 336 g/mol. The van der Waals surface area contributed by atoms with Crippen molar-refractivity contribution >= 4 is 31.7 Å². The standard InChI is InChI=1S/C12H13BrO5S/c13-8-3-4-10(12(14)15)11(6-8)19(16,17)7-9-2-1-5-18-9/h3-4,6,9H,1-2,5,7H2,(H,14,15). The van der Waals surface area contributed by atoms with Gasteiger partial charge in [0.15, 0.2) is 9.84 Å². The number of aromatic carboxylic acids is 1. The molecule has 1 unspecified atom stereocenters. The van der Waals surface area contributed by atoms with Gasteiger partial charge in [-0.1, -0.05) is 15.9 Å². The molecule has 1 aliphatic rings. The Kier molecular flexibility index (Phi) is 4.27. The number of rotatable bonds is 4. The van der Waals surface area contributed by atoms with E-state index < -0.39 is 15.8 Å². The molecule has 1 N–H and O–H groups in total. The van der Waals surface area contributed by atoms with Crippen LogP contribution in [0.3, 0.4) is 0 Å². The van der Waals surface area contributed by atoms with E-state index in [1.54, 1.807) is 0 Å². The number of halogens is 1. The topological polar surface area (TPSA) is 80.7 Å². The van der Waals surface area contributed by atoms with Gasteiger partial charge in [-0.2, -0.15) is 0 Å². The zero-order chi connectivity index (χ0) is 14.0. The van der Waals surface area contributed by atoms with E-state index in [1.165, 1.54) is 18.2 Å². The minimum absolute atomic E-state index is 0.162. The smallest absolute Gasteiger partial charge is 0.337 e. The zero-order valence-electron chi connectivity index (χ0n) is 10.0. The fraction of sp³-hybridized carbons (Fsp3) is 0.417. The summed E-state index contributed by atoms with van der Waals surface area (Å²) in [5, 5.41) is 9.07. The summed E-state index contributed by atoms with van der Waals surface area (Å²) in [6, 6.07) is 4.12. The third-order valence-corrected chi connectivity index (χ3v) is 5.25. The molecule has 1 heterocycles. The molecule has 0 spiro atoms. The van der Waals surface area contributed by atoms with Gasteiger partial charge in [-0.3, -0.25) is 0 Å². The van der Waals surface area contributed by atoms with Crippen LogP contribution in [0.2, 0.25) is 0 Å². The maximum Gasteiger partial charge on any atom is 0.337 e. The van der Waals surface area contributed by atoms with E-state index in [0.717, 1.165) is 6.42 Å². The van der Waals surface area contributed by atoms with Gasteiger partial charge in [-0.05, 0) is 31.0 Å². The Balaban J connectivity index is 2.38. The Hall–Kier alpha value is -0.920. The van der Waals surface area contributed by atoms with Crippen molar-refractivity contribution in [3.63, 3.8) is 0 Å². The first-order valence-electron chi connectivity index (χ1n) is 5.77. The number of carbonyl (C=O) groups is 1. The number of carboxylic acid groups (broad SMARTS) is 1. The highest BCUT2D eigenvalue weighted by Crippen LogP contribution is 2.25. The SMILES string of the molecule is O=C(O)c1ccc(Br)cc1S(=O)(=O)CC1CCCO1. The van der Waals surface area contributed by atoms with E-state index in [-0.39, 0.29) is 22.3 Å². The van der Waals surface area contributed by atoms with Gasteiger partial charge in [0.05, 0.1) is 22.3 Å². The molecule has 0 radical (unpaired) electrons. The highest BCUT2D eigenvalue weighted by Gasteiger charge is 2.28. The summed E-state index contributed by atoms with van der Waals surface area (Å²) in [6.07, 6.45) is 1.19. The van der Waals surface area contributed by atoms with Crippen LogP contribution >= 0.6 is 15.9 Å². The second kappa shape index (κ2) is 5.60. The van der Waals surface area contributed by atoms with Crippen molar-refractivity contribution in [3.8, 4) is 0 Å². The molecule has 1 aliphatic heterocycles. The third kappa shape index (κ3) is 3.34. The van der Waals surface area contributed by atoms with Crippen LogP contribution in [0.1, 0.15) is 23.2 Å². The molecule has 0 bridgehead atoms. The lowest BCUT2D eigenvalue weighted by atomic mass is 10.2. The number of hydrogen-bond acceptors (Lipinski definition) is 4. The largest absolute Gasteiger partial charge is 0.478 e. The zero-order valence-corrected chi connectivity index (χ0v) is 12.4. The van der Waals surface area contributed by atoms with Crippen LogP contribution in [0.5, 0.6) is 0 Å². The minimum Gasteiger partial charge on any atom is -0.478 e. The molecule has 1 atom stereocenters. The van der Waals surface area contributed by atoms with Crippen molar-refractivity contribution in [2.24, 2.45) is 0 Å². The molecule has 0 saturated carbocycles. The van der Waals surface area contributed by atoms with Crippen LogP contribution in [0.4, 0.5) is 0 Å². The Morgan fingerprint density at radius 3 is 2.79 bits per heavy atom. The van der Waals surface area contributed by atoms with Crippen LogP contribution in [-0.4, -0.2) is 38.0 Å². The first-order valence-corrected chi connectivity index (χ1v) is 8.22. The van der Waals surface area contributed by atoms with Gasteiger partial charge in [0.25, 0.3) is 0 Å². The summed E-state index contributed by atoms with van der Waals surface area (Å²) in [4.78, 5) is 10.9. The van der Waals surface area contributed by atoms with Crippen LogP contribution in [0.15, 0.2) is 27.6 Å². The second-order valence-corrected chi connectivity index (χ2v) is 7.28. The lowest BCUT2D eigenvalue weighted by molar-refractivity contribution is 0.0692. The van der Waals surface area contributed by atoms with Gasteiger partial charge in [-0.25, -0.2) is 13.2 Å².